The normalized spacial score (nSPS) is 10.8. The highest BCUT2D eigenvalue weighted by Crippen LogP contribution is 2.10. The zero-order valence-electron chi connectivity index (χ0n) is 7.60. The van der Waals surface area contributed by atoms with Gasteiger partial charge in [-0.25, -0.2) is 13.6 Å². The summed E-state index contributed by atoms with van der Waals surface area (Å²) in [4.78, 5) is 3.88. The molecule has 1 aromatic rings. The molecule has 7 heteroatoms. The summed E-state index contributed by atoms with van der Waals surface area (Å²) in [5.74, 6) is 0. The summed E-state index contributed by atoms with van der Waals surface area (Å²) in [5.41, 5.74) is 6.79. The lowest BCUT2D eigenvalue weighted by Gasteiger charge is -2.03. The van der Waals surface area contributed by atoms with Crippen LogP contribution in [0.1, 0.15) is 11.3 Å². The molecular weight excluding hydrogens is 226 g/mol. The molecule has 0 amide bonds. The zero-order valence-corrected chi connectivity index (χ0v) is 9.23. The van der Waals surface area contributed by atoms with Gasteiger partial charge in [0.1, 0.15) is 4.90 Å². The van der Waals surface area contributed by atoms with E-state index in [2.05, 4.69) is 4.98 Å². The predicted octanol–water partition coefficient (Wildman–Crippen LogP) is -0.0821. The van der Waals surface area contributed by atoms with Crippen LogP contribution in [0.15, 0.2) is 17.2 Å². The lowest BCUT2D eigenvalue weighted by Crippen LogP contribution is -2.14. The van der Waals surface area contributed by atoms with Gasteiger partial charge in [0.15, 0.2) is 0 Å². The van der Waals surface area contributed by atoms with Gasteiger partial charge in [-0.3, -0.25) is 4.98 Å². The van der Waals surface area contributed by atoms with Gasteiger partial charge in [-0.1, -0.05) is 0 Å². The Labute approximate surface area is 89.0 Å². The van der Waals surface area contributed by atoms with Crippen molar-refractivity contribution in [1.29, 1.82) is 0 Å². The van der Waals surface area contributed by atoms with Crippen LogP contribution in [0.3, 0.4) is 0 Å². The second-order valence-electron chi connectivity index (χ2n) is 2.66. The van der Waals surface area contributed by atoms with Crippen LogP contribution in [-0.4, -0.2) is 13.4 Å². The van der Waals surface area contributed by atoms with E-state index in [1.807, 2.05) is 0 Å². The van der Waals surface area contributed by atoms with Crippen molar-refractivity contribution < 1.29 is 8.42 Å². The van der Waals surface area contributed by atoms with Crippen molar-refractivity contribution in [3.05, 3.63) is 23.5 Å². The first kappa shape index (κ1) is 13.3. The summed E-state index contributed by atoms with van der Waals surface area (Å²) in [6.45, 7) is 2.01. The molecule has 0 aromatic carbocycles. The largest absolute Gasteiger partial charge is 0.326 e. The number of rotatable bonds is 2. The van der Waals surface area contributed by atoms with Gasteiger partial charge in [-0.05, 0) is 18.6 Å². The van der Waals surface area contributed by atoms with Crippen molar-refractivity contribution in [2.75, 3.05) is 0 Å². The molecule has 0 fully saturated rings. The molecule has 0 saturated heterocycles. The maximum atomic E-state index is 10.9. The van der Waals surface area contributed by atoms with Crippen LogP contribution in [0.4, 0.5) is 0 Å². The number of sulfonamides is 1. The lowest BCUT2D eigenvalue weighted by atomic mass is 10.2. The first-order chi connectivity index (χ1) is 5.95. The minimum Gasteiger partial charge on any atom is -0.326 e. The Morgan fingerprint density at radius 1 is 1.50 bits per heavy atom. The number of nitrogens with zero attached hydrogens (tertiary/aromatic N) is 1. The third-order valence-corrected chi connectivity index (χ3v) is 2.60. The Balaban J connectivity index is 0.00000169. The van der Waals surface area contributed by atoms with Crippen molar-refractivity contribution >= 4 is 22.4 Å². The smallest absolute Gasteiger partial charge is 0.239 e. The van der Waals surface area contributed by atoms with Gasteiger partial charge < -0.3 is 5.73 Å². The number of nitrogens with two attached hydrogens (primary N) is 2. The maximum Gasteiger partial charge on any atom is 0.239 e. The predicted molar refractivity (Wildman–Crippen MR) is 55.5 cm³/mol. The van der Waals surface area contributed by atoms with Crippen LogP contribution in [-0.2, 0) is 16.6 Å². The van der Waals surface area contributed by atoms with E-state index in [1.165, 1.54) is 12.3 Å². The van der Waals surface area contributed by atoms with Crippen molar-refractivity contribution in [3.63, 3.8) is 0 Å². The van der Waals surface area contributed by atoms with E-state index in [-0.39, 0.29) is 23.8 Å². The minimum absolute atomic E-state index is 0. The molecule has 14 heavy (non-hydrogen) atoms. The number of primary sulfonamides is 1. The third-order valence-electron chi connectivity index (χ3n) is 1.72. The number of aryl methyl sites for hydroxylation is 1. The molecule has 5 nitrogen and oxygen atoms in total. The van der Waals surface area contributed by atoms with Crippen LogP contribution < -0.4 is 10.9 Å². The second-order valence-corrected chi connectivity index (χ2v) is 4.23. The van der Waals surface area contributed by atoms with Gasteiger partial charge in [0.2, 0.25) is 10.0 Å². The molecule has 0 aliphatic rings. The van der Waals surface area contributed by atoms with Crippen LogP contribution in [0, 0.1) is 6.92 Å². The molecule has 0 atom stereocenters. The molecule has 0 radical (unpaired) electrons. The van der Waals surface area contributed by atoms with Gasteiger partial charge in [0.05, 0.1) is 0 Å². The molecule has 0 bridgehead atoms. The van der Waals surface area contributed by atoms with E-state index >= 15 is 0 Å². The van der Waals surface area contributed by atoms with Gasteiger partial charge in [0, 0.05) is 18.4 Å². The number of hydrogen-bond acceptors (Lipinski definition) is 4. The molecule has 0 spiro atoms. The Kier molecular flexibility index (Phi) is 4.47. The average molecular weight is 238 g/mol. The molecule has 0 unspecified atom stereocenters. The van der Waals surface area contributed by atoms with Crippen LogP contribution in [0.5, 0.6) is 0 Å². The monoisotopic (exact) mass is 237 g/mol. The van der Waals surface area contributed by atoms with Crippen molar-refractivity contribution in [2.24, 2.45) is 10.9 Å². The van der Waals surface area contributed by atoms with Crippen LogP contribution in [0.25, 0.3) is 0 Å². The quantitative estimate of drug-likeness (QED) is 0.751. The van der Waals surface area contributed by atoms with E-state index in [0.29, 0.717) is 5.56 Å². The molecule has 1 aromatic heterocycles. The van der Waals surface area contributed by atoms with Gasteiger partial charge >= 0.3 is 0 Å². The molecule has 4 N–H and O–H groups in total. The molecule has 1 rings (SSSR count). The molecular formula is C7H12ClN3O2S. The maximum absolute atomic E-state index is 10.9. The highest BCUT2D eigenvalue weighted by Gasteiger charge is 2.09. The van der Waals surface area contributed by atoms with E-state index in [9.17, 15) is 8.42 Å². The Hall–Kier alpha value is -0.690. The first-order valence-electron chi connectivity index (χ1n) is 3.63. The Morgan fingerprint density at radius 2 is 2.07 bits per heavy atom. The zero-order chi connectivity index (χ0) is 10.1. The van der Waals surface area contributed by atoms with Gasteiger partial charge in [0.25, 0.3) is 0 Å². The van der Waals surface area contributed by atoms with E-state index in [0.717, 1.165) is 5.69 Å². The van der Waals surface area contributed by atoms with Crippen LogP contribution in [0.2, 0.25) is 0 Å². The summed E-state index contributed by atoms with van der Waals surface area (Å²) >= 11 is 0. The number of halogens is 1. The van der Waals surface area contributed by atoms with Gasteiger partial charge in [-0.2, -0.15) is 0 Å². The Morgan fingerprint density at radius 3 is 2.50 bits per heavy atom. The van der Waals surface area contributed by atoms with Crippen LogP contribution >= 0.6 is 12.4 Å². The topological polar surface area (TPSA) is 99.1 Å². The summed E-state index contributed by atoms with van der Waals surface area (Å²) in [5, 5.41) is 4.92. The molecule has 0 aliphatic heterocycles. The first-order valence-corrected chi connectivity index (χ1v) is 5.18. The summed E-state index contributed by atoms with van der Waals surface area (Å²) in [6, 6.07) is 1.44. The fraction of sp³-hybridized carbons (Fsp3) is 0.286. The highest BCUT2D eigenvalue weighted by molar-refractivity contribution is 7.89. The number of aromatic nitrogens is 1. The van der Waals surface area contributed by atoms with E-state index in [1.54, 1.807) is 6.92 Å². The van der Waals surface area contributed by atoms with E-state index < -0.39 is 10.0 Å². The second kappa shape index (κ2) is 4.70. The molecule has 1 heterocycles. The third kappa shape index (κ3) is 2.91. The SMILES string of the molecule is Cc1ncc(S(N)(=O)=O)cc1CN.Cl. The average Bonchev–Trinajstić information content (AvgIpc) is 2.03. The molecule has 0 saturated carbocycles. The molecule has 80 valence electrons. The van der Waals surface area contributed by atoms with Crippen molar-refractivity contribution in [1.82, 2.24) is 4.98 Å². The van der Waals surface area contributed by atoms with E-state index in [4.69, 9.17) is 10.9 Å². The fourth-order valence-corrected chi connectivity index (χ4v) is 1.43. The van der Waals surface area contributed by atoms with Gasteiger partial charge in [-0.15, -0.1) is 12.4 Å². The van der Waals surface area contributed by atoms with Crippen molar-refractivity contribution in [3.8, 4) is 0 Å². The fourth-order valence-electron chi connectivity index (χ4n) is 0.919. The summed E-state index contributed by atoms with van der Waals surface area (Å²) in [6.07, 6.45) is 1.23. The standard InChI is InChI=1S/C7H11N3O2S.ClH/c1-5-6(3-8)2-7(4-10-5)13(9,11)12;/h2,4H,3,8H2,1H3,(H2,9,11,12);1H. The lowest BCUT2D eigenvalue weighted by molar-refractivity contribution is 0.597. The highest BCUT2D eigenvalue weighted by atomic mass is 35.5. The van der Waals surface area contributed by atoms with Crippen molar-refractivity contribution in [2.45, 2.75) is 18.4 Å². The number of hydrogen-bond donors (Lipinski definition) is 2. The number of pyridine rings is 1. The summed E-state index contributed by atoms with van der Waals surface area (Å²) in [7, 11) is -3.67. The summed E-state index contributed by atoms with van der Waals surface area (Å²) < 4.78 is 21.8. The minimum atomic E-state index is -3.67. The molecule has 0 aliphatic carbocycles. The Bertz CT molecular complexity index is 419.